The minimum Gasteiger partial charge on any atom is -0.485 e. The summed E-state index contributed by atoms with van der Waals surface area (Å²) in [6.45, 7) is 8.07. The number of β-amino-alcohol motifs (C(OH)–C–C–N with tert-alkyl or cyclic N) is 1. The summed E-state index contributed by atoms with van der Waals surface area (Å²) in [5.74, 6) is 0.233. The lowest BCUT2D eigenvalue weighted by Crippen LogP contribution is -2.52. The quantitative estimate of drug-likeness (QED) is 0.758. The highest BCUT2D eigenvalue weighted by Gasteiger charge is 2.32. The van der Waals surface area contributed by atoms with E-state index >= 15 is 0 Å². The fraction of sp³-hybridized carbons (Fsp3) is 0.588. The summed E-state index contributed by atoms with van der Waals surface area (Å²) in [6.07, 6.45) is -0.610. The standard InChI is InChI=1S/C17H26N2O4/c1-17(2,15(20)12-19-10-8-18-9-11-19)23-14-6-4-13(5-7-14)16(21)22-3/h4-7,15,18,20H,8-12H2,1-3H3. The molecule has 0 radical (unpaired) electrons. The largest absolute Gasteiger partial charge is 0.485 e. The summed E-state index contributed by atoms with van der Waals surface area (Å²) in [5, 5.41) is 13.8. The van der Waals surface area contributed by atoms with E-state index < -0.39 is 11.7 Å². The van der Waals surface area contributed by atoms with Crippen LogP contribution in [0.4, 0.5) is 0 Å². The van der Waals surface area contributed by atoms with Crippen LogP contribution in [0.15, 0.2) is 24.3 Å². The Balaban J connectivity index is 1.94. The van der Waals surface area contributed by atoms with Crippen molar-refractivity contribution in [2.45, 2.75) is 25.6 Å². The predicted octanol–water partition coefficient (Wildman–Crippen LogP) is 0.897. The summed E-state index contributed by atoms with van der Waals surface area (Å²) in [7, 11) is 1.35. The Morgan fingerprint density at radius 1 is 1.30 bits per heavy atom. The van der Waals surface area contributed by atoms with E-state index in [1.165, 1.54) is 7.11 Å². The molecule has 1 unspecified atom stereocenters. The number of rotatable bonds is 6. The van der Waals surface area contributed by atoms with E-state index in [1.54, 1.807) is 24.3 Å². The van der Waals surface area contributed by atoms with Crippen LogP contribution in [-0.4, -0.2) is 67.5 Å². The van der Waals surface area contributed by atoms with E-state index in [0.717, 1.165) is 26.2 Å². The minimum absolute atomic E-state index is 0.380. The number of methoxy groups -OCH3 is 1. The van der Waals surface area contributed by atoms with Crippen LogP contribution in [0.3, 0.4) is 0 Å². The number of hydrogen-bond donors (Lipinski definition) is 2. The molecule has 1 aromatic rings. The Morgan fingerprint density at radius 2 is 1.91 bits per heavy atom. The lowest BCUT2D eigenvalue weighted by atomic mass is 10.0. The number of aliphatic hydroxyl groups excluding tert-OH is 1. The number of aliphatic hydroxyl groups is 1. The van der Waals surface area contributed by atoms with Gasteiger partial charge in [-0.3, -0.25) is 4.90 Å². The summed E-state index contributed by atoms with van der Waals surface area (Å²) in [4.78, 5) is 13.7. The van der Waals surface area contributed by atoms with Crippen molar-refractivity contribution in [2.75, 3.05) is 39.8 Å². The minimum atomic E-state index is -0.725. The van der Waals surface area contributed by atoms with Crippen molar-refractivity contribution in [3.05, 3.63) is 29.8 Å². The Bertz CT molecular complexity index is 510. The van der Waals surface area contributed by atoms with Gasteiger partial charge in [-0.15, -0.1) is 0 Å². The highest BCUT2D eigenvalue weighted by atomic mass is 16.5. The van der Waals surface area contributed by atoms with Crippen LogP contribution in [0, 0.1) is 0 Å². The normalized spacial score (nSPS) is 17.6. The molecule has 1 fully saturated rings. The third-order valence-corrected chi connectivity index (χ3v) is 4.10. The van der Waals surface area contributed by atoms with E-state index in [4.69, 9.17) is 4.74 Å². The van der Waals surface area contributed by atoms with Gasteiger partial charge in [-0.05, 0) is 38.1 Å². The number of benzene rings is 1. The fourth-order valence-electron chi connectivity index (χ4n) is 2.51. The van der Waals surface area contributed by atoms with E-state index in [2.05, 4.69) is 15.0 Å². The molecule has 1 saturated heterocycles. The third kappa shape index (κ3) is 4.92. The van der Waals surface area contributed by atoms with Crippen molar-refractivity contribution in [3.63, 3.8) is 0 Å². The number of carbonyl (C=O) groups excluding carboxylic acids is 1. The summed E-state index contributed by atoms with van der Waals surface area (Å²) in [6, 6.07) is 6.73. The molecule has 1 aliphatic heterocycles. The predicted molar refractivity (Wildman–Crippen MR) is 87.8 cm³/mol. The van der Waals surface area contributed by atoms with Gasteiger partial charge in [-0.2, -0.15) is 0 Å². The molecule has 2 N–H and O–H groups in total. The first-order valence-electron chi connectivity index (χ1n) is 7.91. The molecular weight excluding hydrogens is 296 g/mol. The topological polar surface area (TPSA) is 71.0 Å². The molecule has 0 amide bonds. The van der Waals surface area contributed by atoms with Crippen molar-refractivity contribution in [2.24, 2.45) is 0 Å². The van der Waals surface area contributed by atoms with Gasteiger partial charge < -0.3 is 19.9 Å². The van der Waals surface area contributed by atoms with Crippen molar-refractivity contribution >= 4 is 5.97 Å². The molecule has 6 heteroatoms. The third-order valence-electron chi connectivity index (χ3n) is 4.10. The van der Waals surface area contributed by atoms with Crippen LogP contribution in [0.1, 0.15) is 24.2 Å². The number of carbonyl (C=O) groups is 1. The second-order valence-corrected chi connectivity index (χ2v) is 6.29. The zero-order valence-corrected chi connectivity index (χ0v) is 14.0. The van der Waals surface area contributed by atoms with Crippen LogP contribution in [-0.2, 0) is 4.74 Å². The van der Waals surface area contributed by atoms with Crippen molar-refractivity contribution < 1.29 is 19.4 Å². The highest BCUT2D eigenvalue weighted by molar-refractivity contribution is 5.89. The maximum Gasteiger partial charge on any atom is 0.337 e. The Labute approximate surface area is 137 Å². The van der Waals surface area contributed by atoms with E-state index in [0.29, 0.717) is 17.9 Å². The molecule has 0 saturated carbocycles. The molecule has 23 heavy (non-hydrogen) atoms. The van der Waals surface area contributed by atoms with E-state index in [9.17, 15) is 9.90 Å². The van der Waals surface area contributed by atoms with Crippen LogP contribution < -0.4 is 10.1 Å². The van der Waals surface area contributed by atoms with Crippen LogP contribution in [0.25, 0.3) is 0 Å². The van der Waals surface area contributed by atoms with Gasteiger partial charge in [0.05, 0.1) is 12.7 Å². The monoisotopic (exact) mass is 322 g/mol. The second kappa shape index (κ2) is 7.77. The van der Waals surface area contributed by atoms with Gasteiger partial charge in [0, 0.05) is 32.7 Å². The average molecular weight is 322 g/mol. The summed E-state index contributed by atoms with van der Waals surface area (Å²) >= 11 is 0. The van der Waals surface area contributed by atoms with Gasteiger partial charge in [0.15, 0.2) is 0 Å². The number of hydrogen-bond acceptors (Lipinski definition) is 6. The molecule has 0 aliphatic carbocycles. The molecule has 128 valence electrons. The van der Waals surface area contributed by atoms with Crippen molar-refractivity contribution in [1.29, 1.82) is 0 Å². The number of piperazine rings is 1. The van der Waals surface area contributed by atoms with Gasteiger partial charge in [0.25, 0.3) is 0 Å². The maximum atomic E-state index is 11.4. The van der Waals surface area contributed by atoms with Crippen molar-refractivity contribution in [1.82, 2.24) is 10.2 Å². The molecule has 1 heterocycles. The number of nitrogens with one attached hydrogen (secondary N) is 1. The molecule has 1 aromatic carbocycles. The van der Waals surface area contributed by atoms with Gasteiger partial charge in [0.2, 0.25) is 0 Å². The van der Waals surface area contributed by atoms with Gasteiger partial charge in [-0.25, -0.2) is 4.79 Å². The molecule has 0 bridgehead atoms. The molecular formula is C17H26N2O4. The number of ether oxygens (including phenoxy) is 2. The first-order chi connectivity index (χ1) is 10.9. The van der Waals surface area contributed by atoms with Gasteiger partial charge >= 0.3 is 5.97 Å². The first kappa shape index (κ1) is 17.7. The summed E-state index contributed by atoms with van der Waals surface area (Å²) < 4.78 is 10.6. The lowest BCUT2D eigenvalue weighted by Gasteiger charge is -2.36. The molecule has 0 spiro atoms. The van der Waals surface area contributed by atoms with E-state index in [-0.39, 0.29) is 5.97 Å². The van der Waals surface area contributed by atoms with Crippen LogP contribution in [0.2, 0.25) is 0 Å². The number of esters is 1. The zero-order valence-electron chi connectivity index (χ0n) is 14.0. The Hall–Kier alpha value is -1.63. The highest BCUT2D eigenvalue weighted by Crippen LogP contribution is 2.22. The molecule has 1 atom stereocenters. The number of nitrogens with zero attached hydrogens (tertiary/aromatic N) is 1. The molecule has 0 aromatic heterocycles. The summed E-state index contributed by atoms with van der Waals surface area (Å²) in [5.41, 5.74) is -0.253. The van der Waals surface area contributed by atoms with Crippen molar-refractivity contribution in [3.8, 4) is 5.75 Å². The van der Waals surface area contributed by atoms with Gasteiger partial charge in [-0.1, -0.05) is 0 Å². The zero-order chi connectivity index (χ0) is 16.9. The first-order valence-corrected chi connectivity index (χ1v) is 7.91. The fourth-order valence-corrected chi connectivity index (χ4v) is 2.51. The smallest absolute Gasteiger partial charge is 0.337 e. The molecule has 6 nitrogen and oxygen atoms in total. The Kier molecular flexibility index (Phi) is 5.98. The SMILES string of the molecule is COC(=O)c1ccc(OC(C)(C)C(O)CN2CCNCC2)cc1. The average Bonchev–Trinajstić information content (AvgIpc) is 2.55. The maximum absolute atomic E-state index is 11.4. The Morgan fingerprint density at radius 3 is 2.48 bits per heavy atom. The molecule has 2 rings (SSSR count). The van der Waals surface area contributed by atoms with Crippen LogP contribution >= 0.6 is 0 Å². The molecule has 1 aliphatic rings. The van der Waals surface area contributed by atoms with Gasteiger partial charge in [0.1, 0.15) is 17.5 Å². The van der Waals surface area contributed by atoms with Crippen LogP contribution in [0.5, 0.6) is 5.75 Å². The lowest BCUT2D eigenvalue weighted by molar-refractivity contribution is -0.0456. The van der Waals surface area contributed by atoms with E-state index in [1.807, 2.05) is 13.8 Å². The second-order valence-electron chi connectivity index (χ2n) is 6.29.